The first kappa shape index (κ1) is 14.8. The highest BCUT2D eigenvalue weighted by molar-refractivity contribution is 7.13. The molecule has 6 heteroatoms. The number of amides is 1. The minimum atomic E-state index is 0.206. The zero-order valence-electron chi connectivity index (χ0n) is 12.6. The fraction of sp³-hybridized carbons (Fsp3) is 0.733. The van der Waals surface area contributed by atoms with E-state index in [1.165, 1.54) is 0 Å². The fourth-order valence-corrected chi connectivity index (χ4v) is 4.16. The number of thiazole rings is 1. The van der Waals surface area contributed by atoms with Crippen molar-refractivity contribution in [2.24, 2.45) is 5.41 Å². The third-order valence-corrected chi connectivity index (χ3v) is 5.53. The Bertz CT molecular complexity index is 469. The minimum Gasteiger partial charge on any atom is -0.385 e. The van der Waals surface area contributed by atoms with Crippen LogP contribution >= 0.6 is 11.3 Å². The molecule has 0 radical (unpaired) electrons. The Hall–Kier alpha value is -1.14. The van der Waals surface area contributed by atoms with Gasteiger partial charge in [-0.25, -0.2) is 4.98 Å². The molecular weight excluding hydrogens is 286 g/mol. The molecule has 3 heterocycles. The van der Waals surface area contributed by atoms with E-state index in [4.69, 9.17) is 4.74 Å². The lowest BCUT2D eigenvalue weighted by Crippen LogP contribution is -2.41. The monoisotopic (exact) mass is 309 g/mol. The van der Waals surface area contributed by atoms with Gasteiger partial charge in [-0.1, -0.05) is 0 Å². The van der Waals surface area contributed by atoms with E-state index in [2.05, 4.69) is 9.88 Å². The van der Waals surface area contributed by atoms with Gasteiger partial charge in [-0.2, -0.15) is 0 Å². The molecule has 0 bridgehead atoms. The second kappa shape index (κ2) is 6.32. The van der Waals surface area contributed by atoms with Gasteiger partial charge in [0.2, 0.25) is 5.91 Å². The number of hydrogen-bond acceptors (Lipinski definition) is 5. The summed E-state index contributed by atoms with van der Waals surface area (Å²) in [4.78, 5) is 21.0. The Kier molecular flexibility index (Phi) is 4.45. The number of ether oxygens (including phenoxy) is 1. The average Bonchev–Trinajstić information content (AvgIpc) is 3.10. The number of nitrogens with zero attached hydrogens (tertiary/aromatic N) is 3. The first-order chi connectivity index (χ1) is 10.2. The lowest BCUT2D eigenvalue weighted by molar-refractivity contribution is -0.128. The lowest BCUT2D eigenvalue weighted by atomic mass is 9.78. The van der Waals surface area contributed by atoms with E-state index in [1.807, 2.05) is 16.5 Å². The molecular formula is C15H23N3O2S. The van der Waals surface area contributed by atoms with Crippen molar-refractivity contribution in [1.29, 1.82) is 0 Å². The highest BCUT2D eigenvalue weighted by Crippen LogP contribution is 2.42. The summed E-state index contributed by atoms with van der Waals surface area (Å²) in [5.74, 6) is 0.328. The van der Waals surface area contributed by atoms with Gasteiger partial charge in [-0.05, 0) is 19.3 Å². The van der Waals surface area contributed by atoms with Crippen LogP contribution in [0.15, 0.2) is 11.6 Å². The van der Waals surface area contributed by atoms with E-state index in [0.717, 1.165) is 63.6 Å². The Morgan fingerprint density at radius 1 is 1.43 bits per heavy atom. The molecule has 1 aromatic rings. The van der Waals surface area contributed by atoms with Crippen LogP contribution in [-0.4, -0.2) is 55.7 Å². The normalized spacial score (nSPS) is 21.5. The number of piperidine rings is 1. The molecule has 1 amide bonds. The third kappa shape index (κ3) is 3.21. The van der Waals surface area contributed by atoms with Gasteiger partial charge < -0.3 is 14.5 Å². The van der Waals surface area contributed by atoms with Crippen LogP contribution in [0.4, 0.5) is 5.13 Å². The lowest BCUT2D eigenvalue weighted by Gasteiger charge is -2.38. The second-order valence-electron chi connectivity index (χ2n) is 6.14. The maximum atomic E-state index is 12.2. The average molecular weight is 309 g/mol. The Labute approximate surface area is 129 Å². The number of methoxy groups -OCH3 is 1. The van der Waals surface area contributed by atoms with Gasteiger partial charge in [-0.3, -0.25) is 4.79 Å². The topological polar surface area (TPSA) is 45.7 Å². The highest BCUT2D eigenvalue weighted by atomic mass is 32.1. The zero-order chi connectivity index (χ0) is 14.7. The van der Waals surface area contributed by atoms with Crippen LogP contribution in [0.25, 0.3) is 0 Å². The van der Waals surface area contributed by atoms with Crippen LogP contribution in [-0.2, 0) is 9.53 Å². The second-order valence-corrected chi connectivity index (χ2v) is 7.01. The predicted octanol–water partition coefficient (Wildman–Crippen LogP) is 2.00. The number of rotatable bonds is 5. The first-order valence-corrected chi connectivity index (χ1v) is 8.52. The molecule has 0 aromatic carbocycles. The molecule has 2 saturated heterocycles. The van der Waals surface area contributed by atoms with Crippen LogP contribution in [0, 0.1) is 5.41 Å². The van der Waals surface area contributed by atoms with Crippen molar-refractivity contribution >= 4 is 22.4 Å². The van der Waals surface area contributed by atoms with E-state index in [9.17, 15) is 4.79 Å². The van der Waals surface area contributed by atoms with Crippen LogP contribution in [0.5, 0.6) is 0 Å². The van der Waals surface area contributed by atoms with Crippen molar-refractivity contribution in [1.82, 2.24) is 9.88 Å². The maximum absolute atomic E-state index is 12.2. The van der Waals surface area contributed by atoms with E-state index in [1.54, 1.807) is 18.4 Å². The van der Waals surface area contributed by atoms with Crippen molar-refractivity contribution in [3.05, 3.63) is 11.6 Å². The molecule has 0 atom stereocenters. The number of carbonyl (C=O) groups is 1. The molecule has 0 saturated carbocycles. The van der Waals surface area contributed by atoms with Gasteiger partial charge >= 0.3 is 0 Å². The largest absolute Gasteiger partial charge is 0.385 e. The van der Waals surface area contributed by atoms with E-state index >= 15 is 0 Å². The third-order valence-electron chi connectivity index (χ3n) is 4.70. The highest BCUT2D eigenvalue weighted by Gasteiger charge is 2.44. The Balaban J connectivity index is 1.54. The zero-order valence-corrected chi connectivity index (χ0v) is 13.4. The van der Waals surface area contributed by atoms with Crippen molar-refractivity contribution in [2.45, 2.75) is 25.7 Å². The summed E-state index contributed by atoms with van der Waals surface area (Å²) >= 11 is 1.70. The standard InChI is InChI=1S/C15H23N3O2S/c1-20-9-2-6-18-12-15(11-13(18)19)3-7-17(8-4-15)14-16-5-10-21-14/h5,10H,2-4,6-9,11-12H2,1H3. The molecule has 1 spiro atoms. The van der Waals surface area contributed by atoms with Gasteiger partial charge in [0, 0.05) is 63.3 Å². The van der Waals surface area contributed by atoms with Crippen molar-refractivity contribution in [3.8, 4) is 0 Å². The summed E-state index contributed by atoms with van der Waals surface area (Å²) in [7, 11) is 1.71. The van der Waals surface area contributed by atoms with Gasteiger partial charge in [0.05, 0.1) is 0 Å². The summed E-state index contributed by atoms with van der Waals surface area (Å²) < 4.78 is 5.08. The van der Waals surface area contributed by atoms with Crippen LogP contribution in [0.1, 0.15) is 25.7 Å². The van der Waals surface area contributed by atoms with Gasteiger partial charge in [0.15, 0.2) is 5.13 Å². The fourth-order valence-electron chi connectivity index (χ4n) is 3.46. The summed E-state index contributed by atoms with van der Waals surface area (Å²) in [6.07, 6.45) is 5.72. The Morgan fingerprint density at radius 2 is 2.24 bits per heavy atom. The molecule has 0 aliphatic carbocycles. The number of likely N-dealkylation sites (tertiary alicyclic amines) is 1. The van der Waals surface area contributed by atoms with Crippen LogP contribution < -0.4 is 4.90 Å². The first-order valence-electron chi connectivity index (χ1n) is 7.64. The minimum absolute atomic E-state index is 0.206. The van der Waals surface area contributed by atoms with E-state index < -0.39 is 0 Å². The van der Waals surface area contributed by atoms with Gasteiger partial charge in [-0.15, -0.1) is 11.3 Å². The molecule has 2 aliphatic rings. The number of aromatic nitrogens is 1. The maximum Gasteiger partial charge on any atom is 0.223 e. The summed E-state index contributed by atoms with van der Waals surface area (Å²) in [6, 6.07) is 0. The van der Waals surface area contributed by atoms with Gasteiger partial charge in [0.25, 0.3) is 0 Å². The number of hydrogen-bond donors (Lipinski definition) is 0. The van der Waals surface area contributed by atoms with Gasteiger partial charge in [0.1, 0.15) is 0 Å². The van der Waals surface area contributed by atoms with E-state index in [0.29, 0.717) is 5.91 Å². The van der Waals surface area contributed by atoms with E-state index in [-0.39, 0.29) is 5.41 Å². The van der Waals surface area contributed by atoms with Crippen LogP contribution in [0.3, 0.4) is 0 Å². The predicted molar refractivity (Wildman–Crippen MR) is 83.7 cm³/mol. The molecule has 0 unspecified atom stereocenters. The summed E-state index contributed by atoms with van der Waals surface area (Å²) in [6.45, 7) is 4.54. The smallest absolute Gasteiger partial charge is 0.223 e. The molecule has 21 heavy (non-hydrogen) atoms. The SMILES string of the molecule is COCCCN1CC2(CCN(c3nccs3)CC2)CC1=O. The Morgan fingerprint density at radius 3 is 2.90 bits per heavy atom. The van der Waals surface area contributed by atoms with Crippen LogP contribution in [0.2, 0.25) is 0 Å². The molecule has 2 fully saturated rings. The molecule has 0 N–H and O–H groups in total. The van der Waals surface area contributed by atoms with Crippen molar-refractivity contribution in [2.75, 3.05) is 44.8 Å². The summed E-state index contributed by atoms with van der Waals surface area (Å²) in [5.41, 5.74) is 0.206. The quantitative estimate of drug-likeness (QED) is 0.781. The number of anilines is 1. The summed E-state index contributed by atoms with van der Waals surface area (Å²) in [5, 5.41) is 3.14. The molecule has 1 aromatic heterocycles. The molecule has 3 rings (SSSR count). The number of carbonyl (C=O) groups excluding carboxylic acids is 1. The van der Waals surface area contributed by atoms with Crippen molar-refractivity contribution < 1.29 is 9.53 Å². The molecule has 5 nitrogen and oxygen atoms in total. The van der Waals surface area contributed by atoms with Crippen molar-refractivity contribution in [3.63, 3.8) is 0 Å². The molecule has 116 valence electrons. The molecule has 2 aliphatic heterocycles.